The lowest BCUT2D eigenvalue weighted by Crippen LogP contribution is -2.15. The lowest BCUT2D eigenvalue weighted by atomic mass is 10.1. The topological polar surface area (TPSA) is 26.3 Å². The lowest BCUT2D eigenvalue weighted by molar-refractivity contribution is -0.108. The van der Waals surface area contributed by atoms with Crippen LogP contribution in [0.25, 0.3) is 0 Å². The molecule has 0 aromatic carbocycles. The van der Waals surface area contributed by atoms with Crippen LogP contribution in [0.15, 0.2) is 0 Å². The van der Waals surface area contributed by atoms with E-state index in [4.69, 9.17) is 4.74 Å². The fourth-order valence-electron chi connectivity index (χ4n) is 0.915. The highest BCUT2D eigenvalue weighted by Crippen LogP contribution is 2.20. The average Bonchev–Trinajstić information content (AvgIpc) is 2.37. The third-order valence-corrected chi connectivity index (χ3v) is 2.51. The maximum Gasteiger partial charge on any atom is 0.133 e. The number of ether oxygens (including phenoxy) is 1. The van der Waals surface area contributed by atoms with Gasteiger partial charge in [0.1, 0.15) is 6.29 Å². The number of carbonyl (C=O) groups excluding carboxylic acids is 1. The molecule has 0 aromatic heterocycles. The van der Waals surface area contributed by atoms with Crippen molar-refractivity contribution < 1.29 is 9.53 Å². The van der Waals surface area contributed by atoms with E-state index in [1.807, 2.05) is 0 Å². The molecule has 3 heteroatoms. The second-order valence-electron chi connectivity index (χ2n) is 2.20. The van der Waals surface area contributed by atoms with E-state index in [0.717, 1.165) is 25.9 Å². The van der Waals surface area contributed by atoms with E-state index in [0.29, 0.717) is 5.92 Å². The second kappa shape index (κ2) is 3.32. The van der Waals surface area contributed by atoms with Gasteiger partial charge in [-0.05, 0) is 6.42 Å². The van der Waals surface area contributed by atoms with E-state index >= 15 is 0 Å². The number of carbonyl (C=O) groups is 1. The second-order valence-corrected chi connectivity index (χ2v) is 3.26. The van der Waals surface area contributed by atoms with Crippen molar-refractivity contribution in [1.29, 1.82) is 0 Å². The fraction of sp³-hybridized carbons (Fsp3) is 0.833. The normalized spacial score (nSPS) is 30.1. The minimum atomic E-state index is -0.000000000000000444. The van der Waals surface area contributed by atoms with Crippen LogP contribution in [0.4, 0.5) is 0 Å². The summed E-state index contributed by atoms with van der Waals surface area (Å²) in [6.45, 7) is 1.54. The highest BCUT2D eigenvalue weighted by Gasteiger charge is 2.22. The van der Waals surface area contributed by atoms with Crippen LogP contribution in [0.3, 0.4) is 0 Å². The first-order chi connectivity index (χ1) is 4.34. The van der Waals surface area contributed by atoms with Crippen molar-refractivity contribution in [3.8, 4) is 0 Å². The molecule has 2 nitrogen and oxygen atoms in total. The molecule has 52 valence electrons. The maximum absolute atomic E-state index is 10.2. The summed E-state index contributed by atoms with van der Waals surface area (Å²) in [6.07, 6.45) is 1.94. The predicted octanol–water partition coefficient (Wildman–Crippen LogP) is 0.985. The van der Waals surface area contributed by atoms with Crippen molar-refractivity contribution in [2.24, 2.45) is 5.92 Å². The Hall–Kier alpha value is 0.110. The molecular formula is C6H9BrO2. The van der Waals surface area contributed by atoms with E-state index in [1.165, 1.54) is 0 Å². The van der Waals surface area contributed by atoms with E-state index in [9.17, 15) is 4.79 Å². The van der Waals surface area contributed by atoms with Crippen molar-refractivity contribution in [2.75, 3.05) is 13.2 Å². The van der Waals surface area contributed by atoms with Crippen molar-refractivity contribution in [3.05, 3.63) is 0 Å². The summed E-state index contributed by atoms with van der Waals surface area (Å²) >= 11 is 3.26. The van der Waals surface area contributed by atoms with Gasteiger partial charge in [0.2, 0.25) is 0 Å². The van der Waals surface area contributed by atoms with Crippen molar-refractivity contribution >= 4 is 22.2 Å². The summed E-state index contributed by atoms with van der Waals surface area (Å²) in [5.41, 5.74) is 0. The summed E-state index contributed by atoms with van der Waals surface area (Å²) in [4.78, 5) is 10.2. The van der Waals surface area contributed by atoms with Crippen LogP contribution in [-0.4, -0.2) is 24.3 Å². The predicted molar refractivity (Wildman–Crippen MR) is 37.7 cm³/mol. The van der Waals surface area contributed by atoms with Crippen LogP contribution in [0.5, 0.6) is 0 Å². The van der Waals surface area contributed by atoms with Gasteiger partial charge in [0, 0.05) is 12.5 Å². The molecule has 9 heavy (non-hydrogen) atoms. The zero-order chi connectivity index (χ0) is 6.69. The number of alkyl halides is 1. The number of hydrogen-bond acceptors (Lipinski definition) is 2. The van der Waals surface area contributed by atoms with Gasteiger partial charge in [-0.3, -0.25) is 0 Å². The first-order valence-corrected chi connectivity index (χ1v) is 3.93. The molecule has 0 unspecified atom stereocenters. The summed E-state index contributed by atoms with van der Waals surface area (Å²) in [5.74, 6) is 0.405. The molecule has 0 aromatic rings. The zero-order valence-corrected chi connectivity index (χ0v) is 6.63. The molecule has 0 amide bonds. The average molecular weight is 193 g/mol. The van der Waals surface area contributed by atoms with Crippen LogP contribution in [0, 0.1) is 5.92 Å². The molecule has 0 aliphatic carbocycles. The minimum absolute atomic E-state index is 0.000000000000000444. The Morgan fingerprint density at radius 2 is 2.56 bits per heavy atom. The Labute approximate surface area is 62.7 Å². The van der Waals surface area contributed by atoms with Crippen LogP contribution < -0.4 is 0 Å². The van der Waals surface area contributed by atoms with Gasteiger partial charge in [-0.2, -0.15) is 0 Å². The van der Waals surface area contributed by atoms with Gasteiger partial charge in [0.05, 0.1) is 11.4 Å². The molecule has 1 saturated heterocycles. The van der Waals surface area contributed by atoms with Crippen LogP contribution in [-0.2, 0) is 9.53 Å². The number of hydrogen-bond donors (Lipinski definition) is 0. The van der Waals surface area contributed by atoms with Gasteiger partial charge in [-0.25, -0.2) is 0 Å². The van der Waals surface area contributed by atoms with Crippen LogP contribution in [0.1, 0.15) is 6.42 Å². The molecule has 1 aliphatic heterocycles. The molecule has 1 aliphatic rings. The molecule has 1 heterocycles. The summed E-state index contributed by atoms with van der Waals surface area (Å²) < 4.78 is 5.09. The highest BCUT2D eigenvalue weighted by molar-refractivity contribution is 9.10. The van der Waals surface area contributed by atoms with Gasteiger partial charge in [0.25, 0.3) is 0 Å². The third-order valence-electron chi connectivity index (χ3n) is 1.55. The van der Waals surface area contributed by atoms with Crippen molar-refractivity contribution in [1.82, 2.24) is 0 Å². The fourth-order valence-corrected chi connectivity index (χ4v) is 1.33. The zero-order valence-electron chi connectivity index (χ0n) is 5.05. The Bertz CT molecular complexity index is 99.2. The van der Waals surface area contributed by atoms with Gasteiger partial charge < -0.3 is 9.53 Å². The van der Waals surface area contributed by atoms with Gasteiger partial charge in [-0.15, -0.1) is 0 Å². The Morgan fingerprint density at radius 3 is 3.00 bits per heavy atom. The van der Waals surface area contributed by atoms with Crippen LogP contribution >= 0.6 is 15.9 Å². The molecule has 0 bridgehead atoms. The van der Waals surface area contributed by atoms with Gasteiger partial charge in [-0.1, -0.05) is 15.9 Å². The smallest absolute Gasteiger partial charge is 0.133 e. The van der Waals surface area contributed by atoms with E-state index in [-0.39, 0.29) is 4.83 Å². The Kier molecular flexibility index (Phi) is 2.66. The molecular weight excluding hydrogens is 184 g/mol. The van der Waals surface area contributed by atoms with Crippen LogP contribution in [0.2, 0.25) is 0 Å². The standard InChI is InChI=1S/C6H9BrO2/c7-6(3-8)5-1-2-9-4-5/h3,5-6H,1-2,4H2/t5-,6-/m1/s1. The molecule has 0 radical (unpaired) electrons. The first-order valence-electron chi connectivity index (χ1n) is 3.01. The maximum atomic E-state index is 10.2. The minimum Gasteiger partial charge on any atom is -0.381 e. The molecule has 0 saturated carbocycles. The van der Waals surface area contributed by atoms with E-state index < -0.39 is 0 Å². The monoisotopic (exact) mass is 192 g/mol. The molecule has 0 N–H and O–H groups in total. The molecule has 0 spiro atoms. The number of aldehydes is 1. The molecule has 2 atom stereocenters. The summed E-state index contributed by atoms with van der Waals surface area (Å²) in [6, 6.07) is 0. The SMILES string of the molecule is O=C[C@@H](Br)[C@@H]1CCOC1. The van der Waals surface area contributed by atoms with Gasteiger partial charge >= 0.3 is 0 Å². The Morgan fingerprint density at radius 1 is 1.78 bits per heavy atom. The van der Waals surface area contributed by atoms with Crippen molar-refractivity contribution in [2.45, 2.75) is 11.2 Å². The van der Waals surface area contributed by atoms with Gasteiger partial charge in [0.15, 0.2) is 0 Å². The number of halogens is 1. The Balaban J connectivity index is 2.32. The van der Waals surface area contributed by atoms with E-state index in [2.05, 4.69) is 15.9 Å². The largest absolute Gasteiger partial charge is 0.381 e. The van der Waals surface area contributed by atoms with Crippen molar-refractivity contribution in [3.63, 3.8) is 0 Å². The lowest BCUT2D eigenvalue weighted by Gasteiger charge is -2.06. The first kappa shape index (κ1) is 7.22. The molecule has 1 rings (SSSR count). The highest BCUT2D eigenvalue weighted by atomic mass is 79.9. The summed E-state index contributed by atoms with van der Waals surface area (Å²) in [7, 11) is 0. The molecule has 1 fully saturated rings. The quantitative estimate of drug-likeness (QED) is 0.482. The van der Waals surface area contributed by atoms with E-state index in [1.54, 1.807) is 0 Å². The third kappa shape index (κ3) is 1.76. The summed E-state index contributed by atoms with van der Waals surface area (Å²) in [5, 5.41) is 0. The number of rotatable bonds is 2.